The third-order valence-electron chi connectivity index (χ3n) is 3.37. The molecule has 20 heavy (non-hydrogen) atoms. The maximum atomic E-state index is 11.6. The van der Waals surface area contributed by atoms with Gasteiger partial charge in [0.2, 0.25) is 0 Å². The molecule has 1 N–H and O–H groups in total. The van der Waals surface area contributed by atoms with E-state index < -0.39 is 0 Å². The van der Waals surface area contributed by atoms with Crippen molar-refractivity contribution < 1.29 is 0 Å². The fourth-order valence-corrected chi connectivity index (χ4v) is 2.29. The van der Waals surface area contributed by atoms with Crippen molar-refractivity contribution in [2.24, 2.45) is 0 Å². The van der Waals surface area contributed by atoms with Gasteiger partial charge in [-0.1, -0.05) is 29.8 Å². The summed E-state index contributed by atoms with van der Waals surface area (Å²) in [6.07, 6.45) is 3.40. The van der Waals surface area contributed by atoms with Crippen LogP contribution in [-0.2, 0) is 0 Å². The van der Waals surface area contributed by atoms with E-state index in [1.165, 1.54) is 9.96 Å². The number of nitrogens with zero attached hydrogens (tertiary/aromatic N) is 4. The van der Waals surface area contributed by atoms with Crippen LogP contribution in [0.5, 0.6) is 0 Å². The van der Waals surface area contributed by atoms with Crippen LogP contribution in [0.3, 0.4) is 0 Å². The van der Waals surface area contributed by atoms with Crippen molar-refractivity contribution in [2.75, 3.05) is 0 Å². The zero-order chi connectivity index (χ0) is 13.7. The van der Waals surface area contributed by atoms with Gasteiger partial charge in [-0.2, -0.15) is 10.2 Å². The largest absolute Gasteiger partial charge is 0.347 e. The lowest BCUT2D eigenvalue weighted by Gasteiger charge is -1.96. The molecule has 98 valence electrons. The minimum absolute atomic E-state index is 0.249. The van der Waals surface area contributed by atoms with Crippen LogP contribution >= 0.6 is 0 Å². The van der Waals surface area contributed by atoms with Gasteiger partial charge in [0.15, 0.2) is 5.65 Å². The number of benzene rings is 1. The molecule has 0 saturated heterocycles. The Hall–Kier alpha value is -2.89. The number of aromatic amines is 1. The highest BCUT2D eigenvalue weighted by molar-refractivity contribution is 5.76. The number of hydrogen-bond donors (Lipinski definition) is 1. The highest BCUT2D eigenvalue weighted by Crippen LogP contribution is 2.21. The Morgan fingerprint density at radius 1 is 1.15 bits per heavy atom. The van der Waals surface area contributed by atoms with Gasteiger partial charge in [-0.15, -0.1) is 0 Å². The van der Waals surface area contributed by atoms with Crippen molar-refractivity contribution in [2.45, 2.75) is 6.92 Å². The monoisotopic (exact) mass is 265 g/mol. The highest BCUT2D eigenvalue weighted by Gasteiger charge is 2.10. The first-order chi connectivity index (χ1) is 9.72. The predicted molar refractivity (Wildman–Crippen MR) is 74.7 cm³/mol. The Morgan fingerprint density at radius 3 is 2.75 bits per heavy atom. The van der Waals surface area contributed by atoms with Crippen molar-refractivity contribution in [3.8, 4) is 11.3 Å². The quantitative estimate of drug-likeness (QED) is 0.569. The second-order valence-electron chi connectivity index (χ2n) is 4.75. The van der Waals surface area contributed by atoms with Gasteiger partial charge < -0.3 is 0 Å². The fourth-order valence-electron chi connectivity index (χ4n) is 2.29. The van der Waals surface area contributed by atoms with E-state index in [2.05, 4.69) is 15.3 Å². The summed E-state index contributed by atoms with van der Waals surface area (Å²) < 4.78 is 3.20. The van der Waals surface area contributed by atoms with E-state index in [0.717, 1.165) is 16.8 Å². The van der Waals surface area contributed by atoms with Crippen molar-refractivity contribution in [3.05, 3.63) is 58.8 Å². The molecule has 0 unspecified atom stereocenters. The van der Waals surface area contributed by atoms with Crippen LogP contribution in [0.1, 0.15) is 5.56 Å². The molecule has 4 aromatic rings. The summed E-state index contributed by atoms with van der Waals surface area (Å²) in [5, 5.41) is 11.0. The Bertz CT molecular complexity index is 974. The van der Waals surface area contributed by atoms with E-state index in [9.17, 15) is 4.79 Å². The van der Waals surface area contributed by atoms with Gasteiger partial charge in [0.25, 0.3) is 0 Å². The summed E-state index contributed by atoms with van der Waals surface area (Å²) >= 11 is 0. The number of hydrogen-bond acceptors (Lipinski definition) is 3. The van der Waals surface area contributed by atoms with Gasteiger partial charge in [-0.3, -0.25) is 0 Å². The second-order valence-corrected chi connectivity index (χ2v) is 4.75. The average molecular weight is 265 g/mol. The molecular weight excluding hydrogens is 254 g/mol. The molecular formula is C14H11N5O. The van der Waals surface area contributed by atoms with E-state index >= 15 is 0 Å². The van der Waals surface area contributed by atoms with Crippen molar-refractivity contribution in [1.29, 1.82) is 0 Å². The minimum atomic E-state index is -0.249. The maximum absolute atomic E-state index is 11.6. The third-order valence-corrected chi connectivity index (χ3v) is 3.37. The normalized spacial score (nSPS) is 11.4. The van der Waals surface area contributed by atoms with Crippen LogP contribution in [0, 0.1) is 6.92 Å². The first kappa shape index (κ1) is 11.0. The number of fused-ring (bicyclic) bond motifs is 3. The van der Waals surface area contributed by atoms with Crippen LogP contribution in [0.2, 0.25) is 0 Å². The summed E-state index contributed by atoms with van der Waals surface area (Å²) in [5.41, 5.74) is 4.22. The number of H-pyrrole nitrogens is 1. The molecule has 0 aliphatic rings. The molecule has 0 aliphatic carbocycles. The third kappa shape index (κ3) is 1.48. The van der Waals surface area contributed by atoms with E-state index in [1.807, 2.05) is 37.3 Å². The molecule has 3 heterocycles. The number of rotatable bonds is 1. The lowest BCUT2D eigenvalue weighted by molar-refractivity contribution is 0.936. The summed E-state index contributed by atoms with van der Waals surface area (Å²) in [4.78, 5) is 11.6. The smallest absolute Gasteiger partial charge is 0.247 e. The second kappa shape index (κ2) is 3.80. The van der Waals surface area contributed by atoms with Gasteiger partial charge in [-0.05, 0) is 13.0 Å². The Morgan fingerprint density at radius 2 is 1.95 bits per heavy atom. The lowest BCUT2D eigenvalue weighted by Crippen LogP contribution is -2.09. The SMILES string of the molecule is Cc1ccc(-c2cc3c4n[nH]c(=O)n4ccn3n2)cc1. The van der Waals surface area contributed by atoms with Gasteiger partial charge in [0.1, 0.15) is 5.52 Å². The van der Waals surface area contributed by atoms with Crippen LogP contribution in [0.25, 0.3) is 22.4 Å². The van der Waals surface area contributed by atoms with Gasteiger partial charge >= 0.3 is 5.69 Å². The van der Waals surface area contributed by atoms with Crippen LogP contribution in [-0.4, -0.2) is 24.2 Å². The summed E-state index contributed by atoms with van der Waals surface area (Å²) in [7, 11) is 0. The maximum Gasteiger partial charge on any atom is 0.347 e. The number of aromatic nitrogens is 5. The van der Waals surface area contributed by atoms with E-state index in [-0.39, 0.29) is 5.69 Å². The first-order valence-corrected chi connectivity index (χ1v) is 6.24. The molecule has 6 nitrogen and oxygen atoms in total. The van der Waals surface area contributed by atoms with E-state index in [0.29, 0.717) is 5.65 Å². The Labute approximate surface area is 113 Å². The van der Waals surface area contributed by atoms with Crippen LogP contribution in [0.15, 0.2) is 47.5 Å². The summed E-state index contributed by atoms with van der Waals surface area (Å²) in [6, 6.07) is 10.1. The van der Waals surface area contributed by atoms with E-state index in [1.54, 1.807) is 16.9 Å². The molecule has 0 fully saturated rings. The molecule has 1 aromatic carbocycles. The van der Waals surface area contributed by atoms with Crippen molar-refractivity contribution in [3.63, 3.8) is 0 Å². The first-order valence-electron chi connectivity index (χ1n) is 6.24. The van der Waals surface area contributed by atoms with Crippen molar-refractivity contribution >= 4 is 11.2 Å². The molecule has 0 radical (unpaired) electrons. The Balaban J connectivity index is 2.00. The molecule has 0 bridgehead atoms. The van der Waals surface area contributed by atoms with E-state index in [4.69, 9.17) is 0 Å². The zero-order valence-electron chi connectivity index (χ0n) is 10.7. The summed E-state index contributed by atoms with van der Waals surface area (Å²) in [5.74, 6) is 0. The molecule has 0 amide bonds. The molecule has 0 aliphatic heterocycles. The topological polar surface area (TPSA) is 67.5 Å². The van der Waals surface area contributed by atoms with Crippen LogP contribution in [0.4, 0.5) is 0 Å². The standard InChI is InChI=1S/C14H11N5O/c1-9-2-4-10(5-3-9)11-8-12-13-15-16-14(20)18(13)6-7-19(12)17-11/h2-8H,1H3,(H,16,20). The predicted octanol–water partition coefficient (Wildman–Crippen LogP) is 1.65. The Kier molecular flexibility index (Phi) is 2.09. The molecule has 0 spiro atoms. The molecule has 6 heteroatoms. The zero-order valence-corrected chi connectivity index (χ0v) is 10.7. The fraction of sp³-hybridized carbons (Fsp3) is 0.0714. The molecule has 3 aromatic heterocycles. The highest BCUT2D eigenvalue weighted by atomic mass is 16.1. The average Bonchev–Trinajstić information content (AvgIpc) is 3.03. The molecule has 0 atom stereocenters. The van der Waals surface area contributed by atoms with Crippen molar-refractivity contribution in [1.82, 2.24) is 24.2 Å². The molecule has 4 rings (SSSR count). The van der Waals surface area contributed by atoms with Gasteiger partial charge in [-0.25, -0.2) is 18.8 Å². The van der Waals surface area contributed by atoms with Gasteiger partial charge in [0, 0.05) is 18.0 Å². The number of nitrogens with one attached hydrogen (secondary N) is 1. The van der Waals surface area contributed by atoms with Crippen LogP contribution < -0.4 is 5.69 Å². The molecule has 0 saturated carbocycles. The summed E-state index contributed by atoms with van der Waals surface area (Å²) in [6.45, 7) is 2.05. The minimum Gasteiger partial charge on any atom is -0.247 e. The number of aryl methyl sites for hydroxylation is 1. The lowest BCUT2D eigenvalue weighted by atomic mass is 10.1. The van der Waals surface area contributed by atoms with Gasteiger partial charge in [0.05, 0.1) is 5.69 Å².